The quantitative estimate of drug-likeness (QED) is 0.577. The van der Waals surface area contributed by atoms with Crippen LogP contribution in [0.5, 0.6) is 0 Å². The number of ketones is 1. The zero-order chi connectivity index (χ0) is 11.8. The van der Waals surface area contributed by atoms with Crippen LogP contribution in [0.4, 0.5) is 5.69 Å². The van der Waals surface area contributed by atoms with Crippen molar-refractivity contribution < 1.29 is 9.72 Å². The van der Waals surface area contributed by atoms with E-state index in [1.54, 1.807) is 19.1 Å². The molecule has 84 valence electrons. The van der Waals surface area contributed by atoms with Gasteiger partial charge in [-0.25, -0.2) is 0 Å². The summed E-state index contributed by atoms with van der Waals surface area (Å²) >= 11 is 0. The van der Waals surface area contributed by atoms with E-state index < -0.39 is 4.92 Å². The molecule has 0 unspecified atom stereocenters. The lowest BCUT2D eigenvalue weighted by Gasteiger charge is -2.10. The van der Waals surface area contributed by atoms with Gasteiger partial charge in [0.2, 0.25) is 0 Å². The Hall–Kier alpha value is -1.71. The molecule has 4 heteroatoms. The van der Waals surface area contributed by atoms with Crippen LogP contribution in [-0.2, 0) is 11.2 Å². The molecule has 1 aromatic carbocycles. The molecule has 0 saturated heterocycles. The lowest BCUT2D eigenvalue weighted by Crippen LogP contribution is -2.14. The molecule has 2 rings (SSSR count). The van der Waals surface area contributed by atoms with Crippen LogP contribution in [-0.4, -0.2) is 10.7 Å². The minimum atomic E-state index is -0.406. The van der Waals surface area contributed by atoms with Crippen LogP contribution in [0, 0.1) is 15.5 Å². The Balaban J connectivity index is 2.19. The molecule has 0 spiro atoms. The maximum Gasteiger partial charge on any atom is 0.269 e. The molecule has 1 saturated carbocycles. The van der Waals surface area contributed by atoms with Gasteiger partial charge in [0.1, 0.15) is 5.78 Å². The van der Waals surface area contributed by atoms with Gasteiger partial charge in [-0.1, -0.05) is 12.1 Å². The van der Waals surface area contributed by atoms with Gasteiger partial charge in [0.05, 0.1) is 4.92 Å². The standard InChI is InChI=1S/C12H13NO3/c1-9(14)12(5-6-12)8-10-3-2-4-11(7-10)13(15)16/h2-4,7H,5-6,8H2,1H3. The van der Waals surface area contributed by atoms with Crippen molar-refractivity contribution in [3.63, 3.8) is 0 Å². The Kier molecular flexibility index (Phi) is 2.50. The van der Waals surface area contributed by atoms with Crippen molar-refractivity contribution in [2.24, 2.45) is 5.41 Å². The van der Waals surface area contributed by atoms with Crippen LogP contribution in [0.1, 0.15) is 25.3 Å². The largest absolute Gasteiger partial charge is 0.299 e. The molecule has 0 bridgehead atoms. The Bertz CT molecular complexity index is 449. The van der Waals surface area contributed by atoms with E-state index in [9.17, 15) is 14.9 Å². The summed E-state index contributed by atoms with van der Waals surface area (Å²) in [6.07, 6.45) is 2.44. The monoisotopic (exact) mass is 219 g/mol. The summed E-state index contributed by atoms with van der Waals surface area (Å²) in [5.41, 5.74) is 0.744. The number of non-ortho nitro benzene ring substituents is 1. The van der Waals surface area contributed by atoms with E-state index >= 15 is 0 Å². The highest BCUT2D eigenvalue weighted by Gasteiger charge is 2.46. The van der Waals surface area contributed by atoms with Gasteiger partial charge in [0.15, 0.2) is 0 Å². The average molecular weight is 219 g/mol. The van der Waals surface area contributed by atoms with Crippen LogP contribution in [0.3, 0.4) is 0 Å². The van der Waals surface area contributed by atoms with Crippen LogP contribution >= 0.6 is 0 Å². The summed E-state index contributed by atoms with van der Waals surface area (Å²) in [5.74, 6) is 0.194. The van der Waals surface area contributed by atoms with Crippen LogP contribution in [0.25, 0.3) is 0 Å². The van der Waals surface area contributed by atoms with Gasteiger partial charge in [0, 0.05) is 17.5 Å². The van der Waals surface area contributed by atoms with Crippen LogP contribution in [0.15, 0.2) is 24.3 Å². The molecular weight excluding hydrogens is 206 g/mol. The molecule has 1 aromatic rings. The lowest BCUT2D eigenvalue weighted by atomic mass is 9.93. The normalized spacial score (nSPS) is 16.8. The molecule has 16 heavy (non-hydrogen) atoms. The Morgan fingerprint density at radius 2 is 2.19 bits per heavy atom. The van der Waals surface area contributed by atoms with E-state index in [0.29, 0.717) is 6.42 Å². The smallest absolute Gasteiger partial charge is 0.269 e. The van der Waals surface area contributed by atoms with Gasteiger partial charge in [-0.05, 0) is 31.7 Å². The molecule has 0 amide bonds. The van der Waals surface area contributed by atoms with Gasteiger partial charge in [0.25, 0.3) is 5.69 Å². The maximum absolute atomic E-state index is 11.4. The summed E-state index contributed by atoms with van der Waals surface area (Å²) in [6, 6.07) is 6.54. The SMILES string of the molecule is CC(=O)C1(Cc2cccc([N+](=O)[O-])c2)CC1. The van der Waals surface area contributed by atoms with Gasteiger partial charge < -0.3 is 0 Å². The number of nitro benzene ring substituents is 1. The molecule has 0 heterocycles. The lowest BCUT2D eigenvalue weighted by molar-refractivity contribution is -0.384. The van der Waals surface area contributed by atoms with Gasteiger partial charge in [-0.15, -0.1) is 0 Å². The first kappa shape index (κ1) is 10.8. The fraction of sp³-hybridized carbons (Fsp3) is 0.417. The third-order valence-electron chi connectivity index (χ3n) is 3.26. The first-order valence-electron chi connectivity index (χ1n) is 5.28. The van der Waals surface area contributed by atoms with Crippen LogP contribution in [0.2, 0.25) is 0 Å². The van der Waals surface area contributed by atoms with Crippen molar-refractivity contribution >= 4 is 11.5 Å². The molecule has 4 nitrogen and oxygen atoms in total. The third kappa shape index (κ3) is 1.96. The summed E-state index contributed by atoms with van der Waals surface area (Å²) < 4.78 is 0. The highest BCUT2D eigenvalue weighted by Crippen LogP contribution is 2.49. The van der Waals surface area contributed by atoms with Crippen LogP contribution < -0.4 is 0 Å². The van der Waals surface area contributed by atoms with Crippen molar-refractivity contribution in [1.82, 2.24) is 0 Å². The van der Waals surface area contributed by atoms with E-state index in [2.05, 4.69) is 0 Å². The van der Waals surface area contributed by atoms with E-state index in [0.717, 1.165) is 18.4 Å². The Morgan fingerprint density at radius 1 is 1.50 bits per heavy atom. The van der Waals surface area contributed by atoms with Crippen molar-refractivity contribution in [3.05, 3.63) is 39.9 Å². The van der Waals surface area contributed by atoms with Crippen molar-refractivity contribution in [2.45, 2.75) is 26.2 Å². The minimum absolute atomic E-state index is 0.0943. The number of nitrogens with zero attached hydrogens (tertiary/aromatic N) is 1. The van der Waals surface area contributed by atoms with E-state index in [1.807, 2.05) is 6.07 Å². The van der Waals surface area contributed by atoms with Gasteiger partial charge in [-0.2, -0.15) is 0 Å². The number of hydrogen-bond donors (Lipinski definition) is 0. The van der Waals surface area contributed by atoms with Gasteiger partial charge >= 0.3 is 0 Å². The summed E-state index contributed by atoms with van der Waals surface area (Å²) in [4.78, 5) is 21.6. The first-order valence-corrected chi connectivity index (χ1v) is 5.28. The molecule has 0 atom stereocenters. The summed E-state index contributed by atoms with van der Waals surface area (Å²) in [5, 5.41) is 10.6. The fourth-order valence-corrected chi connectivity index (χ4v) is 1.97. The number of Topliss-reactive ketones (excluding diaryl/α,β-unsaturated/α-hetero) is 1. The number of carbonyl (C=O) groups excluding carboxylic acids is 1. The van der Waals surface area contributed by atoms with Crippen molar-refractivity contribution in [1.29, 1.82) is 0 Å². The molecule has 0 aromatic heterocycles. The third-order valence-corrected chi connectivity index (χ3v) is 3.26. The molecule has 0 N–H and O–H groups in total. The number of carbonyl (C=O) groups is 1. The van der Waals surface area contributed by atoms with Gasteiger partial charge in [-0.3, -0.25) is 14.9 Å². The average Bonchev–Trinajstić information content (AvgIpc) is 2.99. The number of rotatable bonds is 4. The second kappa shape index (κ2) is 3.70. The van der Waals surface area contributed by atoms with E-state index in [1.165, 1.54) is 6.07 Å². The predicted molar refractivity (Wildman–Crippen MR) is 59.1 cm³/mol. The minimum Gasteiger partial charge on any atom is -0.299 e. The van der Waals surface area contributed by atoms with Crippen molar-refractivity contribution in [2.75, 3.05) is 0 Å². The molecule has 1 aliphatic rings. The molecule has 0 aliphatic heterocycles. The first-order chi connectivity index (χ1) is 7.53. The number of nitro groups is 1. The zero-order valence-corrected chi connectivity index (χ0v) is 9.10. The number of benzene rings is 1. The maximum atomic E-state index is 11.4. The topological polar surface area (TPSA) is 60.2 Å². The Labute approximate surface area is 93.4 Å². The zero-order valence-electron chi connectivity index (χ0n) is 9.10. The second-order valence-electron chi connectivity index (χ2n) is 4.44. The fourth-order valence-electron chi connectivity index (χ4n) is 1.97. The van der Waals surface area contributed by atoms with Crippen molar-refractivity contribution in [3.8, 4) is 0 Å². The molecule has 1 aliphatic carbocycles. The summed E-state index contributed by atoms with van der Waals surface area (Å²) in [7, 11) is 0. The predicted octanol–water partition coefficient (Wildman–Crippen LogP) is 2.51. The molecular formula is C12H13NO3. The molecule has 1 fully saturated rings. The second-order valence-corrected chi connectivity index (χ2v) is 4.44. The highest BCUT2D eigenvalue weighted by molar-refractivity contribution is 5.85. The Morgan fingerprint density at radius 3 is 2.69 bits per heavy atom. The van der Waals surface area contributed by atoms with E-state index in [4.69, 9.17) is 0 Å². The van der Waals surface area contributed by atoms with E-state index in [-0.39, 0.29) is 16.9 Å². The molecule has 0 radical (unpaired) electrons. The summed E-state index contributed by atoms with van der Waals surface area (Å²) in [6.45, 7) is 1.60. The highest BCUT2D eigenvalue weighted by atomic mass is 16.6. The number of hydrogen-bond acceptors (Lipinski definition) is 3.